The Labute approximate surface area is 92.3 Å². The fourth-order valence-electron chi connectivity index (χ4n) is 1.76. The minimum atomic E-state index is -0.374. The molecule has 1 aromatic carbocycles. The van der Waals surface area contributed by atoms with Gasteiger partial charge in [0.15, 0.2) is 0 Å². The summed E-state index contributed by atoms with van der Waals surface area (Å²) in [5.74, 6) is -0.374. The summed E-state index contributed by atoms with van der Waals surface area (Å²) >= 11 is 0. The van der Waals surface area contributed by atoms with Crippen molar-refractivity contribution in [3.8, 4) is 6.07 Å². The van der Waals surface area contributed by atoms with Gasteiger partial charge in [0, 0.05) is 11.4 Å². The Balaban J connectivity index is 2.65. The highest BCUT2D eigenvalue weighted by Crippen LogP contribution is 2.26. The van der Waals surface area contributed by atoms with Crippen molar-refractivity contribution in [2.75, 3.05) is 0 Å². The number of fused-ring (bicyclic) bond motifs is 1. The van der Waals surface area contributed by atoms with Crippen LogP contribution in [0.25, 0.3) is 11.0 Å². The van der Waals surface area contributed by atoms with Crippen LogP contribution < -0.4 is 5.73 Å². The number of hydrogen-bond acceptors (Lipinski definition) is 3. The number of nitrogens with zero attached hydrogens (tertiary/aromatic N) is 1. The Bertz CT molecular complexity index is 566. The van der Waals surface area contributed by atoms with Crippen LogP contribution in [0, 0.1) is 17.1 Å². The molecule has 3 nitrogen and oxygen atoms in total. The number of halogens is 1. The van der Waals surface area contributed by atoms with Gasteiger partial charge in [-0.1, -0.05) is 0 Å². The van der Waals surface area contributed by atoms with Crippen molar-refractivity contribution in [1.82, 2.24) is 0 Å². The molecule has 0 bridgehead atoms. The second kappa shape index (κ2) is 3.95. The van der Waals surface area contributed by atoms with Crippen molar-refractivity contribution < 1.29 is 8.81 Å². The molecular formula is C12H11FN2O. The lowest BCUT2D eigenvalue weighted by Crippen LogP contribution is -2.17. The summed E-state index contributed by atoms with van der Waals surface area (Å²) in [5.41, 5.74) is 7.27. The predicted molar refractivity (Wildman–Crippen MR) is 58.2 cm³/mol. The first kappa shape index (κ1) is 10.7. The quantitative estimate of drug-likeness (QED) is 0.841. The Hall–Kier alpha value is -1.86. The summed E-state index contributed by atoms with van der Waals surface area (Å²) in [6.45, 7) is 1.84. The third kappa shape index (κ3) is 1.77. The Morgan fingerprint density at radius 2 is 2.31 bits per heavy atom. The van der Waals surface area contributed by atoms with E-state index < -0.39 is 0 Å². The molecule has 2 N–H and O–H groups in total. The van der Waals surface area contributed by atoms with Gasteiger partial charge in [-0.15, -0.1) is 0 Å². The van der Waals surface area contributed by atoms with E-state index in [2.05, 4.69) is 0 Å². The molecule has 0 amide bonds. The summed E-state index contributed by atoms with van der Waals surface area (Å²) in [4.78, 5) is 0. The fourth-order valence-corrected chi connectivity index (χ4v) is 1.76. The summed E-state index contributed by atoms with van der Waals surface area (Å²) in [6.07, 6.45) is 1.86. The van der Waals surface area contributed by atoms with Gasteiger partial charge in [-0.3, -0.25) is 0 Å². The molecule has 0 aliphatic heterocycles. The third-order valence-electron chi connectivity index (χ3n) is 2.38. The van der Waals surface area contributed by atoms with Crippen molar-refractivity contribution in [2.45, 2.75) is 19.4 Å². The van der Waals surface area contributed by atoms with Gasteiger partial charge in [0.1, 0.15) is 23.7 Å². The van der Waals surface area contributed by atoms with Gasteiger partial charge in [0.05, 0.1) is 5.56 Å². The van der Waals surface area contributed by atoms with Crippen LogP contribution in [-0.4, -0.2) is 6.04 Å². The van der Waals surface area contributed by atoms with Crippen molar-refractivity contribution in [3.63, 3.8) is 0 Å². The average Bonchev–Trinajstić information content (AvgIpc) is 2.59. The number of benzene rings is 1. The van der Waals surface area contributed by atoms with Crippen LogP contribution in [0.2, 0.25) is 0 Å². The Morgan fingerprint density at radius 3 is 2.94 bits per heavy atom. The van der Waals surface area contributed by atoms with E-state index in [1.165, 1.54) is 18.4 Å². The number of furan rings is 1. The normalized spacial score (nSPS) is 12.6. The molecule has 1 heterocycles. The van der Waals surface area contributed by atoms with E-state index in [9.17, 15) is 4.39 Å². The first-order chi connectivity index (χ1) is 7.61. The molecule has 1 atom stereocenters. The van der Waals surface area contributed by atoms with E-state index in [1.807, 2.05) is 13.0 Å². The fraction of sp³-hybridized carbons (Fsp3) is 0.250. The van der Waals surface area contributed by atoms with Crippen molar-refractivity contribution in [2.24, 2.45) is 5.73 Å². The monoisotopic (exact) mass is 218 g/mol. The standard InChI is InChI=1S/C12H11FN2O/c1-7(15)2-8-3-10(13)4-11-9(5-14)6-16-12(8)11/h3-4,6-7H,2,15H2,1H3. The maximum absolute atomic E-state index is 13.3. The van der Waals surface area contributed by atoms with Crippen molar-refractivity contribution >= 4 is 11.0 Å². The van der Waals surface area contributed by atoms with E-state index in [4.69, 9.17) is 15.4 Å². The summed E-state index contributed by atoms with van der Waals surface area (Å²) in [5, 5.41) is 9.34. The van der Waals surface area contributed by atoms with E-state index in [0.29, 0.717) is 28.5 Å². The number of hydrogen-bond donors (Lipinski definition) is 1. The van der Waals surface area contributed by atoms with Crippen molar-refractivity contribution in [3.05, 3.63) is 35.3 Å². The van der Waals surface area contributed by atoms with E-state index >= 15 is 0 Å². The third-order valence-corrected chi connectivity index (χ3v) is 2.38. The summed E-state index contributed by atoms with van der Waals surface area (Å²) in [7, 11) is 0. The molecule has 0 fully saturated rings. The molecule has 2 aromatic rings. The van der Waals surface area contributed by atoms with Crippen LogP contribution in [0.1, 0.15) is 18.1 Å². The molecular weight excluding hydrogens is 207 g/mol. The van der Waals surface area contributed by atoms with Gasteiger partial charge < -0.3 is 10.2 Å². The van der Waals surface area contributed by atoms with Gasteiger partial charge in [-0.2, -0.15) is 5.26 Å². The molecule has 0 radical (unpaired) electrons. The lowest BCUT2D eigenvalue weighted by molar-refractivity contribution is 0.597. The van der Waals surface area contributed by atoms with Crippen molar-refractivity contribution in [1.29, 1.82) is 5.26 Å². The zero-order valence-corrected chi connectivity index (χ0v) is 8.83. The van der Waals surface area contributed by atoms with Crippen LogP contribution in [0.3, 0.4) is 0 Å². The van der Waals surface area contributed by atoms with Gasteiger partial charge in [-0.05, 0) is 31.0 Å². The molecule has 0 aliphatic rings. The SMILES string of the molecule is CC(N)Cc1cc(F)cc2c(C#N)coc12. The maximum Gasteiger partial charge on any atom is 0.138 e. The topological polar surface area (TPSA) is 63.0 Å². The van der Waals surface area contributed by atoms with Crippen LogP contribution >= 0.6 is 0 Å². The molecule has 1 aromatic heterocycles. The second-order valence-corrected chi connectivity index (χ2v) is 3.88. The maximum atomic E-state index is 13.3. The number of nitrogens with two attached hydrogens (primary N) is 1. The van der Waals surface area contributed by atoms with Gasteiger partial charge >= 0.3 is 0 Å². The zero-order chi connectivity index (χ0) is 11.7. The highest BCUT2D eigenvalue weighted by Gasteiger charge is 2.13. The Morgan fingerprint density at radius 1 is 1.56 bits per heavy atom. The molecule has 16 heavy (non-hydrogen) atoms. The van der Waals surface area contributed by atoms with E-state index in [1.54, 1.807) is 0 Å². The highest BCUT2D eigenvalue weighted by atomic mass is 19.1. The molecule has 2 rings (SSSR count). The lowest BCUT2D eigenvalue weighted by Gasteiger charge is -2.05. The zero-order valence-electron chi connectivity index (χ0n) is 8.83. The molecule has 0 spiro atoms. The Kier molecular flexibility index (Phi) is 2.63. The largest absolute Gasteiger partial charge is 0.463 e. The number of nitriles is 1. The minimum absolute atomic E-state index is 0.0827. The number of rotatable bonds is 2. The van der Waals surface area contributed by atoms with Gasteiger partial charge in [0.25, 0.3) is 0 Å². The van der Waals surface area contributed by atoms with Crippen LogP contribution in [0.4, 0.5) is 4.39 Å². The minimum Gasteiger partial charge on any atom is -0.463 e. The summed E-state index contributed by atoms with van der Waals surface area (Å²) < 4.78 is 18.6. The molecule has 1 unspecified atom stereocenters. The predicted octanol–water partition coefficient (Wildman–Crippen LogP) is 2.33. The average molecular weight is 218 g/mol. The second-order valence-electron chi connectivity index (χ2n) is 3.88. The first-order valence-corrected chi connectivity index (χ1v) is 4.97. The molecule has 4 heteroatoms. The molecule has 0 saturated heterocycles. The smallest absolute Gasteiger partial charge is 0.138 e. The van der Waals surface area contributed by atoms with E-state index in [-0.39, 0.29) is 11.9 Å². The first-order valence-electron chi connectivity index (χ1n) is 4.97. The van der Waals surface area contributed by atoms with E-state index in [0.717, 1.165) is 0 Å². The molecule has 82 valence electrons. The van der Waals surface area contributed by atoms with Crippen LogP contribution in [-0.2, 0) is 6.42 Å². The lowest BCUT2D eigenvalue weighted by atomic mass is 10.0. The van der Waals surface area contributed by atoms with Gasteiger partial charge in [0.2, 0.25) is 0 Å². The molecule has 0 aliphatic carbocycles. The van der Waals surface area contributed by atoms with Crippen LogP contribution in [0.5, 0.6) is 0 Å². The van der Waals surface area contributed by atoms with Gasteiger partial charge in [-0.25, -0.2) is 4.39 Å². The molecule has 0 saturated carbocycles. The highest BCUT2D eigenvalue weighted by molar-refractivity contribution is 5.86. The summed E-state index contributed by atoms with van der Waals surface area (Å²) in [6, 6.07) is 4.59. The van der Waals surface area contributed by atoms with Crippen LogP contribution in [0.15, 0.2) is 22.8 Å².